The molecule has 32 heavy (non-hydrogen) atoms. The Labute approximate surface area is 191 Å². The van der Waals surface area contributed by atoms with E-state index in [-0.39, 0.29) is 11.8 Å². The summed E-state index contributed by atoms with van der Waals surface area (Å²) in [5.41, 5.74) is 0.917. The van der Waals surface area contributed by atoms with Crippen molar-refractivity contribution < 1.29 is 9.59 Å². The van der Waals surface area contributed by atoms with Crippen molar-refractivity contribution in [1.29, 1.82) is 5.26 Å². The maximum Gasteiger partial charge on any atom is 0.261 e. The van der Waals surface area contributed by atoms with Crippen LogP contribution < -0.4 is 5.32 Å². The standard InChI is InChI=1S/C26H36N4O2/c1-29(19-27)25(32)26(15-5-2-6-16-26)28-24(31)22-11-9-20(10-12-22)21-13-17-30(18-14-21)23-7-3-4-8-23/h9-12,21,23H,2-8,13-18H2,1H3,(H,28,31). The highest BCUT2D eigenvalue weighted by Gasteiger charge is 2.43. The average molecular weight is 437 g/mol. The van der Waals surface area contributed by atoms with Crippen LogP contribution in [0.25, 0.3) is 0 Å². The minimum atomic E-state index is -0.967. The first-order chi connectivity index (χ1) is 15.5. The number of benzene rings is 1. The Hall–Kier alpha value is -2.39. The smallest absolute Gasteiger partial charge is 0.261 e. The summed E-state index contributed by atoms with van der Waals surface area (Å²) in [7, 11) is 1.47. The van der Waals surface area contributed by atoms with Gasteiger partial charge in [-0.05, 0) is 75.2 Å². The van der Waals surface area contributed by atoms with Gasteiger partial charge in [0.15, 0.2) is 6.19 Å². The van der Waals surface area contributed by atoms with Crippen molar-refractivity contribution in [2.75, 3.05) is 20.1 Å². The second-order valence-electron chi connectivity index (χ2n) is 9.93. The van der Waals surface area contributed by atoms with Crippen molar-refractivity contribution >= 4 is 11.8 Å². The minimum absolute atomic E-state index is 0.228. The number of hydrogen-bond acceptors (Lipinski definition) is 4. The van der Waals surface area contributed by atoms with Crippen molar-refractivity contribution in [2.24, 2.45) is 0 Å². The lowest BCUT2D eigenvalue weighted by molar-refractivity contribution is -0.135. The lowest BCUT2D eigenvalue weighted by atomic mass is 9.80. The Morgan fingerprint density at radius 3 is 2.22 bits per heavy atom. The van der Waals surface area contributed by atoms with E-state index in [2.05, 4.69) is 22.3 Å². The van der Waals surface area contributed by atoms with Crippen LogP contribution in [0.15, 0.2) is 24.3 Å². The predicted molar refractivity (Wildman–Crippen MR) is 124 cm³/mol. The SMILES string of the molecule is CN(C#N)C(=O)C1(NC(=O)c2ccc(C3CCN(C4CCCC4)CC3)cc2)CCCCC1. The summed E-state index contributed by atoms with van der Waals surface area (Å²) in [4.78, 5) is 29.7. The van der Waals surface area contributed by atoms with Gasteiger partial charge in [-0.1, -0.05) is 44.2 Å². The van der Waals surface area contributed by atoms with Crippen molar-refractivity contribution in [3.8, 4) is 6.19 Å². The topological polar surface area (TPSA) is 76.4 Å². The number of nitrogens with zero attached hydrogens (tertiary/aromatic N) is 3. The molecule has 0 spiro atoms. The Bertz CT molecular complexity index is 840. The van der Waals surface area contributed by atoms with Crippen molar-refractivity contribution in [3.05, 3.63) is 35.4 Å². The number of likely N-dealkylation sites (N-methyl/N-ethyl adjacent to an activating group) is 1. The number of rotatable bonds is 5. The molecule has 1 saturated heterocycles. The van der Waals surface area contributed by atoms with Crippen LogP contribution >= 0.6 is 0 Å². The highest BCUT2D eigenvalue weighted by molar-refractivity contribution is 5.99. The van der Waals surface area contributed by atoms with Gasteiger partial charge in [-0.2, -0.15) is 5.26 Å². The van der Waals surface area contributed by atoms with Crippen LogP contribution in [0.4, 0.5) is 0 Å². The fourth-order valence-electron chi connectivity index (χ4n) is 5.98. The third-order valence-corrected chi connectivity index (χ3v) is 7.94. The predicted octanol–water partition coefficient (Wildman–Crippen LogP) is 4.18. The number of likely N-dealkylation sites (tertiary alicyclic amines) is 1. The second kappa shape index (κ2) is 10.0. The molecule has 172 valence electrons. The molecule has 1 aromatic rings. The molecule has 4 rings (SSSR count). The fourth-order valence-corrected chi connectivity index (χ4v) is 5.98. The van der Waals surface area contributed by atoms with Crippen LogP contribution in [0.1, 0.15) is 92.5 Å². The van der Waals surface area contributed by atoms with Gasteiger partial charge in [-0.15, -0.1) is 0 Å². The quantitative estimate of drug-likeness (QED) is 0.555. The van der Waals surface area contributed by atoms with Gasteiger partial charge in [0, 0.05) is 18.7 Å². The molecule has 2 aliphatic carbocycles. The Morgan fingerprint density at radius 2 is 1.62 bits per heavy atom. The molecule has 3 fully saturated rings. The fraction of sp³-hybridized carbons (Fsp3) is 0.654. The number of nitriles is 1. The first-order valence-corrected chi connectivity index (χ1v) is 12.4. The van der Waals surface area contributed by atoms with Crippen LogP contribution in [0.3, 0.4) is 0 Å². The van der Waals surface area contributed by atoms with E-state index in [4.69, 9.17) is 0 Å². The third kappa shape index (κ3) is 4.83. The van der Waals surface area contributed by atoms with Gasteiger partial charge >= 0.3 is 0 Å². The maximum atomic E-state index is 13.0. The minimum Gasteiger partial charge on any atom is -0.338 e. The van der Waals surface area contributed by atoms with Gasteiger partial charge in [0.25, 0.3) is 11.8 Å². The zero-order valence-corrected chi connectivity index (χ0v) is 19.3. The van der Waals surface area contributed by atoms with Crippen molar-refractivity contribution in [3.63, 3.8) is 0 Å². The normalized spacial score (nSPS) is 22.2. The highest BCUT2D eigenvalue weighted by Crippen LogP contribution is 2.33. The summed E-state index contributed by atoms with van der Waals surface area (Å²) in [5.74, 6) is 0.0215. The van der Waals surface area contributed by atoms with E-state index in [1.165, 1.54) is 64.2 Å². The molecule has 0 atom stereocenters. The summed E-state index contributed by atoms with van der Waals surface area (Å²) < 4.78 is 0. The van der Waals surface area contributed by atoms with Gasteiger partial charge < -0.3 is 10.2 Å². The van der Waals surface area contributed by atoms with Gasteiger partial charge in [-0.3, -0.25) is 14.5 Å². The molecular formula is C26H36N4O2. The lowest BCUT2D eigenvalue weighted by Gasteiger charge is -2.37. The molecule has 0 radical (unpaired) electrons. The van der Waals surface area contributed by atoms with Gasteiger partial charge in [0.2, 0.25) is 0 Å². The third-order valence-electron chi connectivity index (χ3n) is 7.94. The van der Waals surface area contributed by atoms with E-state index in [0.29, 0.717) is 24.3 Å². The number of carbonyl (C=O) groups is 2. The first kappa shape index (κ1) is 22.8. The van der Waals surface area contributed by atoms with E-state index < -0.39 is 5.54 Å². The Balaban J connectivity index is 1.38. The Kier molecular flexibility index (Phi) is 7.15. The first-order valence-electron chi connectivity index (χ1n) is 12.4. The molecule has 6 heteroatoms. The molecule has 0 bridgehead atoms. The number of piperidine rings is 1. The molecule has 2 amide bonds. The van der Waals surface area contributed by atoms with Crippen molar-refractivity contribution in [1.82, 2.24) is 15.1 Å². The van der Waals surface area contributed by atoms with Crippen LogP contribution in [-0.4, -0.2) is 53.3 Å². The van der Waals surface area contributed by atoms with E-state index in [1.807, 2.05) is 18.3 Å². The molecule has 6 nitrogen and oxygen atoms in total. The lowest BCUT2D eigenvalue weighted by Crippen LogP contribution is -2.59. The van der Waals surface area contributed by atoms with Crippen LogP contribution in [0, 0.1) is 11.5 Å². The highest BCUT2D eigenvalue weighted by atomic mass is 16.2. The largest absolute Gasteiger partial charge is 0.338 e. The average Bonchev–Trinajstić information content (AvgIpc) is 3.39. The van der Waals surface area contributed by atoms with E-state index in [9.17, 15) is 14.9 Å². The van der Waals surface area contributed by atoms with Gasteiger partial charge in [0.1, 0.15) is 5.54 Å². The van der Waals surface area contributed by atoms with Gasteiger partial charge in [0.05, 0.1) is 0 Å². The van der Waals surface area contributed by atoms with Crippen molar-refractivity contribution in [2.45, 2.75) is 88.1 Å². The second-order valence-corrected chi connectivity index (χ2v) is 9.93. The number of carbonyl (C=O) groups excluding carboxylic acids is 2. The summed E-state index contributed by atoms with van der Waals surface area (Å²) in [6.07, 6.45) is 13.7. The molecular weight excluding hydrogens is 400 g/mol. The number of amides is 2. The summed E-state index contributed by atoms with van der Waals surface area (Å²) >= 11 is 0. The summed E-state index contributed by atoms with van der Waals surface area (Å²) in [6.45, 7) is 2.35. The number of nitrogens with one attached hydrogen (secondary N) is 1. The van der Waals surface area contributed by atoms with Crippen LogP contribution in [-0.2, 0) is 4.79 Å². The maximum absolute atomic E-state index is 13.0. The van der Waals surface area contributed by atoms with Crippen LogP contribution in [0.5, 0.6) is 0 Å². The summed E-state index contributed by atoms with van der Waals surface area (Å²) in [6, 6.07) is 8.76. The zero-order valence-electron chi connectivity index (χ0n) is 19.3. The van der Waals surface area contributed by atoms with Gasteiger partial charge in [-0.25, -0.2) is 0 Å². The summed E-state index contributed by atoms with van der Waals surface area (Å²) in [5, 5.41) is 12.2. The van der Waals surface area contributed by atoms with E-state index in [1.54, 1.807) is 0 Å². The molecule has 1 N–H and O–H groups in total. The molecule has 0 unspecified atom stereocenters. The van der Waals surface area contributed by atoms with Crippen LogP contribution in [0.2, 0.25) is 0 Å². The molecule has 3 aliphatic rings. The monoisotopic (exact) mass is 436 g/mol. The number of hydrogen-bond donors (Lipinski definition) is 1. The molecule has 1 heterocycles. The van der Waals surface area contributed by atoms with E-state index >= 15 is 0 Å². The zero-order chi connectivity index (χ0) is 22.6. The molecule has 1 aromatic carbocycles. The molecule has 1 aliphatic heterocycles. The van der Waals surface area contributed by atoms with E-state index in [0.717, 1.165) is 30.2 Å². The molecule has 0 aromatic heterocycles. The molecule has 2 saturated carbocycles. The Morgan fingerprint density at radius 1 is 1.00 bits per heavy atom.